The van der Waals surface area contributed by atoms with Crippen molar-refractivity contribution in [2.75, 3.05) is 0 Å². The van der Waals surface area contributed by atoms with Crippen molar-refractivity contribution in [3.63, 3.8) is 0 Å². The van der Waals surface area contributed by atoms with Gasteiger partial charge in [0.15, 0.2) is 17.5 Å². The second-order valence-electron chi connectivity index (χ2n) is 9.82. The van der Waals surface area contributed by atoms with Gasteiger partial charge in [-0.15, -0.1) is 11.3 Å². The molecule has 0 saturated heterocycles. The lowest BCUT2D eigenvalue weighted by molar-refractivity contribution is 1.08. The van der Waals surface area contributed by atoms with E-state index in [1.807, 2.05) is 18.2 Å². The summed E-state index contributed by atoms with van der Waals surface area (Å²) in [7, 11) is 0. The molecule has 6 aromatic carbocycles. The third-order valence-corrected chi connectivity index (χ3v) is 8.78. The normalized spacial score (nSPS) is 11.6. The van der Waals surface area contributed by atoms with E-state index in [2.05, 4.69) is 103 Å². The van der Waals surface area contributed by atoms with E-state index < -0.39 is 0 Å². The van der Waals surface area contributed by atoms with Crippen molar-refractivity contribution >= 4 is 64.7 Å². The lowest BCUT2D eigenvalue weighted by Gasteiger charge is -2.11. The van der Waals surface area contributed by atoms with Crippen LogP contribution in [0.1, 0.15) is 0 Å². The molecule has 0 aliphatic heterocycles. The molecule has 3 nitrogen and oxygen atoms in total. The van der Waals surface area contributed by atoms with Crippen LogP contribution in [0.15, 0.2) is 121 Å². The summed E-state index contributed by atoms with van der Waals surface area (Å²) in [5.41, 5.74) is 2.78. The fourth-order valence-corrected chi connectivity index (χ4v) is 6.99. The molecule has 0 bridgehead atoms. The monoisotopic (exact) mass is 549 g/mol. The summed E-state index contributed by atoms with van der Waals surface area (Å²) in [6.45, 7) is 0. The van der Waals surface area contributed by atoms with Gasteiger partial charge in [-0.3, -0.25) is 0 Å². The van der Waals surface area contributed by atoms with Crippen LogP contribution in [-0.2, 0) is 0 Å². The predicted molar refractivity (Wildman–Crippen MR) is 169 cm³/mol. The third kappa shape index (κ3) is 3.84. The molecular weight excluding hydrogens is 530 g/mol. The topological polar surface area (TPSA) is 38.7 Å². The molecule has 0 amide bonds. The minimum atomic E-state index is 0.599. The van der Waals surface area contributed by atoms with Gasteiger partial charge in [-0.25, -0.2) is 15.0 Å². The smallest absolute Gasteiger partial charge is 0.164 e. The number of hydrogen-bond donors (Lipinski definition) is 0. The van der Waals surface area contributed by atoms with Gasteiger partial charge >= 0.3 is 0 Å². The van der Waals surface area contributed by atoms with Crippen LogP contribution < -0.4 is 0 Å². The van der Waals surface area contributed by atoms with E-state index in [9.17, 15) is 0 Å². The maximum absolute atomic E-state index is 6.92. The maximum Gasteiger partial charge on any atom is 0.164 e. The van der Waals surface area contributed by atoms with E-state index in [1.165, 1.54) is 15.5 Å². The van der Waals surface area contributed by atoms with Crippen molar-refractivity contribution in [3.8, 4) is 34.2 Å². The van der Waals surface area contributed by atoms with E-state index in [1.54, 1.807) is 11.3 Å². The first-order valence-corrected chi connectivity index (χ1v) is 14.3. The summed E-state index contributed by atoms with van der Waals surface area (Å²) in [6, 6.07) is 41.7. The van der Waals surface area contributed by atoms with Crippen molar-refractivity contribution in [1.82, 2.24) is 15.0 Å². The SMILES string of the molecule is Clc1cc(-c2nc(-c3ccc4ccccc4c3)nc(-c3cccc4ccccc34)n2)cc2sc3ccccc3c12. The highest BCUT2D eigenvalue weighted by Crippen LogP contribution is 2.41. The molecule has 0 radical (unpaired) electrons. The average Bonchev–Trinajstić information content (AvgIpc) is 3.39. The summed E-state index contributed by atoms with van der Waals surface area (Å²) >= 11 is 8.66. The Kier molecular flexibility index (Phi) is 5.37. The van der Waals surface area contributed by atoms with Gasteiger partial charge in [0, 0.05) is 36.9 Å². The molecule has 40 heavy (non-hydrogen) atoms. The first-order valence-electron chi connectivity index (χ1n) is 13.1. The van der Waals surface area contributed by atoms with Gasteiger partial charge in [-0.2, -0.15) is 0 Å². The Hall–Kier alpha value is -4.64. The van der Waals surface area contributed by atoms with Gasteiger partial charge in [-0.1, -0.05) is 109 Å². The Morgan fingerprint density at radius 1 is 0.475 bits per heavy atom. The molecule has 0 saturated carbocycles. The first kappa shape index (κ1) is 23.3. The molecule has 0 fully saturated rings. The summed E-state index contributed by atoms with van der Waals surface area (Å²) in [5.74, 6) is 1.87. The number of rotatable bonds is 3. The van der Waals surface area contributed by atoms with E-state index in [-0.39, 0.29) is 0 Å². The van der Waals surface area contributed by atoms with Crippen molar-refractivity contribution in [2.45, 2.75) is 0 Å². The summed E-state index contributed by atoms with van der Waals surface area (Å²) in [4.78, 5) is 15.1. The Labute approximate surface area is 239 Å². The molecule has 188 valence electrons. The minimum absolute atomic E-state index is 0.599. The second-order valence-corrected chi connectivity index (χ2v) is 11.3. The second kappa shape index (κ2) is 9.23. The predicted octanol–water partition coefficient (Wildman–Crippen LogP) is 10.2. The molecule has 5 heteroatoms. The molecule has 8 rings (SSSR count). The molecule has 0 aliphatic carbocycles. The molecule has 8 aromatic rings. The van der Waals surface area contributed by atoms with Crippen LogP contribution in [0.4, 0.5) is 0 Å². The van der Waals surface area contributed by atoms with Crippen LogP contribution in [0.25, 0.3) is 75.9 Å². The van der Waals surface area contributed by atoms with Crippen LogP contribution in [0.2, 0.25) is 5.02 Å². The van der Waals surface area contributed by atoms with Crippen LogP contribution in [0, 0.1) is 0 Å². The fraction of sp³-hybridized carbons (Fsp3) is 0. The van der Waals surface area contributed by atoms with Gasteiger partial charge in [0.2, 0.25) is 0 Å². The van der Waals surface area contributed by atoms with E-state index in [0.717, 1.165) is 42.9 Å². The largest absolute Gasteiger partial charge is 0.208 e. The highest BCUT2D eigenvalue weighted by Gasteiger charge is 2.17. The van der Waals surface area contributed by atoms with Crippen LogP contribution >= 0.6 is 22.9 Å². The number of benzene rings is 6. The summed E-state index contributed by atoms with van der Waals surface area (Å²) in [5, 5.41) is 7.50. The zero-order valence-corrected chi connectivity index (χ0v) is 22.7. The number of fused-ring (bicyclic) bond motifs is 5. The zero-order valence-electron chi connectivity index (χ0n) is 21.2. The third-order valence-electron chi connectivity index (χ3n) is 7.36. The van der Waals surface area contributed by atoms with Crippen LogP contribution in [-0.4, -0.2) is 15.0 Å². The lowest BCUT2D eigenvalue weighted by atomic mass is 10.0. The van der Waals surface area contributed by atoms with Crippen LogP contribution in [0.5, 0.6) is 0 Å². The number of halogens is 1. The van der Waals surface area contributed by atoms with E-state index >= 15 is 0 Å². The van der Waals surface area contributed by atoms with Crippen molar-refractivity contribution in [1.29, 1.82) is 0 Å². The van der Waals surface area contributed by atoms with Gasteiger partial charge in [-0.05, 0) is 45.8 Å². The average molecular weight is 550 g/mol. The standard InChI is InChI=1S/C35H20ClN3S/c36-29-19-25(20-31-32(29)28-13-5-6-15-30(28)40-31)34-37-33(24-17-16-21-8-1-2-10-23(21)18-24)38-35(39-34)27-14-7-11-22-9-3-4-12-26(22)27/h1-20H. The summed E-state index contributed by atoms with van der Waals surface area (Å²) < 4.78 is 2.32. The van der Waals surface area contributed by atoms with Crippen molar-refractivity contribution in [2.24, 2.45) is 0 Å². The summed E-state index contributed by atoms with van der Waals surface area (Å²) in [6.07, 6.45) is 0. The van der Waals surface area contributed by atoms with Crippen molar-refractivity contribution < 1.29 is 0 Å². The number of nitrogens with zero attached hydrogens (tertiary/aromatic N) is 3. The molecule has 0 atom stereocenters. The Bertz CT molecular complexity index is 2250. The fourth-order valence-electron chi connectivity index (χ4n) is 5.44. The van der Waals surface area contributed by atoms with Gasteiger partial charge in [0.25, 0.3) is 0 Å². The zero-order chi connectivity index (χ0) is 26.6. The number of aromatic nitrogens is 3. The van der Waals surface area contributed by atoms with Gasteiger partial charge < -0.3 is 0 Å². The highest BCUT2D eigenvalue weighted by molar-refractivity contribution is 7.26. The highest BCUT2D eigenvalue weighted by atomic mass is 35.5. The molecule has 0 spiro atoms. The molecule has 0 aliphatic rings. The Balaban J connectivity index is 1.39. The number of thiophene rings is 1. The quantitative estimate of drug-likeness (QED) is 0.220. The Morgan fingerprint density at radius 2 is 1.15 bits per heavy atom. The molecule has 0 N–H and O–H groups in total. The molecule has 2 aromatic heterocycles. The lowest BCUT2D eigenvalue weighted by Crippen LogP contribution is -2.00. The first-order chi connectivity index (χ1) is 19.7. The molecule has 2 heterocycles. The van der Waals surface area contributed by atoms with E-state index in [4.69, 9.17) is 26.6 Å². The van der Waals surface area contributed by atoms with Crippen LogP contribution in [0.3, 0.4) is 0 Å². The molecule has 0 unspecified atom stereocenters. The maximum atomic E-state index is 6.92. The van der Waals surface area contributed by atoms with Gasteiger partial charge in [0.05, 0.1) is 5.02 Å². The van der Waals surface area contributed by atoms with E-state index in [0.29, 0.717) is 22.5 Å². The Morgan fingerprint density at radius 3 is 2.02 bits per heavy atom. The molecular formula is C35H20ClN3S. The van der Waals surface area contributed by atoms with Crippen molar-refractivity contribution in [3.05, 3.63) is 126 Å². The van der Waals surface area contributed by atoms with Gasteiger partial charge in [0.1, 0.15) is 0 Å². The number of hydrogen-bond acceptors (Lipinski definition) is 4. The minimum Gasteiger partial charge on any atom is -0.208 e.